The molecule has 2 aliphatic rings. The van der Waals surface area contributed by atoms with Crippen molar-refractivity contribution in [2.45, 2.75) is 56.9 Å². The maximum atomic E-state index is 12.1. The van der Waals surface area contributed by atoms with E-state index in [0.29, 0.717) is 43.1 Å². The number of likely N-dealkylation sites (tertiary alicyclic amines) is 1. The molecule has 0 saturated carbocycles. The van der Waals surface area contributed by atoms with Gasteiger partial charge in [-0.05, 0) is 60.7 Å². The highest BCUT2D eigenvalue weighted by Gasteiger charge is 2.37. The topological polar surface area (TPSA) is 103 Å². The highest BCUT2D eigenvalue weighted by Crippen LogP contribution is 2.40. The van der Waals surface area contributed by atoms with Crippen molar-refractivity contribution in [1.29, 1.82) is 0 Å². The second kappa shape index (κ2) is 13.3. The molecule has 0 aromatic heterocycles. The van der Waals surface area contributed by atoms with Crippen molar-refractivity contribution in [3.63, 3.8) is 0 Å². The fourth-order valence-corrected chi connectivity index (χ4v) is 5.70. The van der Waals surface area contributed by atoms with Gasteiger partial charge >= 0.3 is 6.03 Å². The maximum absolute atomic E-state index is 12.1. The van der Waals surface area contributed by atoms with Crippen LogP contribution in [-0.2, 0) is 21.7 Å². The monoisotopic (exact) mass is 579 g/mol. The van der Waals surface area contributed by atoms with Gasteiger partial charge in [-0.2, -0.15) is 0 Å². The molecule has 0 unspecified atom stereocenters. The van der Waals surface area contributed by atoms with E-state index in [1.165, 1.54) is 0 Å². The first-order valence-electron chi connectivity index (χ1n) is 14.2. The second-order valence-electron chi connectivity index (χ2n) is 10.8. The number of aliphatic hydroxyl groups is 2. The number of anilines is 1. The summed E-state index contributed by atoms with van der Waals surface area (Å²) in [5.74, 6) is 0. The van der Waals surface area contributed by atoms with Gasteiger partial charge in [0.05, 0.1) is 24.4 Å². The SMILES string of the molecule is CCNC(=O)Nc1cccc([C@@H]2O[C@H](CN3CCC(O)(c4ccc(Cl)cc4)CC3)C[C@H](c3ccc(CO)cc3)O2)c1. The highest BCUT2D eigenvalue weighted by atomic mass is 35.5. The van der Waals surface area contributed by atoms with Gasteiger partial charge in [-0.15, -0.1) is 0 Å². The number of aliphatic hydroxyl groups excluding tert-OH is 1. The number of hydrogen-bond donors (Lipinski definition) is 4. The molecule has 0 aliphatic carbocycles. The summed E-state index contributed by atoms with van der Waals surface area (Å²) in [6.07, 6.45) is 0.981. The molecule has 2 saturated heterocycles. The Balaban J connectivity index is 1.30. The standard InChI is InChI=1S/C32H38ClN3O5/c1-2-34-31(38)35-27-5-3-4-24(18-27)30-40-28(19-29(41-30)23-8-6-22(21-37)7-9-23)20-36-16-14-32(39,15-17-36)25-10-12-26(33)13-11-25/h3-13,18,28-30,37,39H,2,14-17,19-21H2,1H3,(H2,34,35,38)/t28-,29+,30+/m0/s1. The average molecular weight is 580 g/mol. The van der Waals surface area contributed by atoms with Crippen LogP contribution in [-0.4, -0.2) is 53.4 Å². The Hall–Kier alpha value is -2.98. The molecule has 9 heteroatoms. The number of amides is 2. The van der Waals surface area contributed by atoms with Crippen molar-refractivity contribution < 1.29 is 24.5 Å². The number of hydrogen-bond acceptors (Lipinski definition) is 6. The van der Waals surface area contributed by atoms with Crippen LogP contribution >= 0.6 is 11.6 Å². The van der Waals surface area contributed by atoms with Crippen LogP contribution in [0, 0.1) is 0 Å². The van der Waals surface area contributed by atoms with Crippen LogP contribution in [0.4, 0.5) is 10.5 Å². The quantitative estimate of drug-likeness (QED) is 0.281. The van der Waals surface area contributed by atoms with Crippen LogP contribution < -0.4 is 10.6 Å². The van der Waals surface area contributed by atoms with Gasteiger partial charge in [0.1, 0.15) is 0 Å². The van der Waals surface area contributed by atoms with Crippen molar-refractivity contribution in [2.24, 2.45) is 0 Å². The van der Waals surface area contributed by atoms with Gasteiger partial charge < -0.3 is 35.2 Å². The first-order valence-corrected chi connectivity index (χ1v) is 14.6. The highest BCUT2D eigenvalue weighted by molar-refractivity contribution is 6.30. The first-order chi connectivity index (χ1) is 19.8. The first kappa shape index (κ1) is 29.5. The number of nitrogens with one attached hydrogen (secondary N) is 2. The molecule has 0 radical (unpaired) electrons. The van der Waals surface area contributed by atoms with Crippen molar-refractivity contribution in [3.8, 4) is 0 Å². The molecule has 2 heterocycles. The molecular weight excluding hydrogens is 542 g/mol. The lowest BCUT2D eigenvalue weighted by atomic mass is 9.84. The molecule has 41 heavy (non-hydrogen) atoms. The van der Waals surface area contributed by atoms with Crippen molar-refractivity contribution in [3.05, 3.63) is 100 Å². The Labute approximate surface area is 246 Å². The summed E-state index contributed by atoms with van der Waals surface area (Å²) in [5, 5.41) is 27.1. The van der Waals surface area contributed by atoms with Gasteiger partial charge in [0.25, 0.3) is 0 Å². The van der Waals surface area contributed by atoms with E-state index in [2.05, 4.69) is 15.5 Å². The third-order valence-corrected chi connectivity index (χ3v) is 8.15. The number of ether oxygens (including phenoxy) is 2. The van der Waals surface area contributed by atoms with Gasteiger partial charge in [-0.1, -0.05) is 60.1 Å². The number of rotatable bonds is 8. The fourth-order valence-electron chi connectivity index (χ4n) is 5.57. The minimum atomic E-state index is -0.866. The van der Waals surface area contributed by atoms with E-state index in [9.17, 15) is 15.0 Å². The summed E-state index contributed by atoms with van der Waals surface area (Å²) in [6, 6.07) is 22.5. The lowest BCUT2D eigenvalue weighted by Gasteiger charge is -2.42. The smallest absolute Gasteiger partial charge is 0.319 e. The molecule has 218 valence electrons. The normalized spacial score (nSPS) is 22.7. The van der Waals surface area contributed by atoms with Crippen molar-refractivity contribution in [1.82, 2.24) is 10.2 Å². The molecular formula is C32H38ClN3O5. The predicted molar refractivity (Wildman–Crippen MR) is 159 cm³/mol. The summed E-state index contributed by atoms with van der Waals surface area (Å²) in [5.41, 5.74) is 3.37. The Morgan fingerprint density at radius 3 is 2.44 bits per heavy atom. The van der Waals surface area contributed by atoms with Gasteiger partial charge in [0, 0.05) is 48.9 Å². The number of carbonyl (C=O) groups excluding carboxylic acids is 1. The molecule has 4 N–H and O–H groups in total. The molecule has 3 atom stereocenters. The van der Waals surface area contributed by atoms with E-state index in [1.807, 2.05) is 79.7 Å². The van der Waals surface area contributed by atoms with Crippen molar-refractivity contribution >= 4 is 23.3 Å². The average Bonchev–Trinajstić information content (AvgIpc) is 2.99. The third kappa shape index (κ3) is 7.46. The lowest BCUT2D eigenvalue weighted by molar-refractivity contribution is -0.253. The van der Waals surface area contributed by atoms with Crippen LogP contribution in [0.25, 0.3) is 0 Å². The van der Waals surface area contributed by atoms with E-state index in [-0.39, 0.29) is 24.8 Å². The molecule has 3 aromatic rings. The van der Waals surface area contributed by atoms with Crippen LogP contribution in [0.2, 0.25) is 5.02 Å². The summed E-state index contributed by atoms with van der Waals surface area (Å²) in [4.78, 5) is 14.4. The molecule has 0 spiro atoms. The minimum Gasteiger partial charge on any atom is -0.392 e. The molecule has 2 aliphatic heterocycles. The number of urea groups is 1. The summed E-state index contributed by atoms with van der Waals surface area (Å²) < 4.78 is 13.0. The number of piperidine rings is 1. The van der Waals surface area contributed by atoms with E-state index in [0.717, 1.165) is 35.3 Å². The number of nitrogens with zero attached hydrogens (tertiary/aromatic N) is 1. The van der Waals surface area contributed by atoms with Crippen LogP contribution in [0.15, 0.2) is 72.8 Å². The summed E-state index contributed by atoms with van der Waals surface area (Å²) in [7, 11) is 0. The zero-order valence-corrected chi connectivity index (χ0v) is 24.0. The second-order valence-corrected chi connectivity index (χ2v) is 11.2. The van der Waals surface area contributed by atoms with Crippen LogP contribution in [0.3, 0.4) is 0 Å². The largest absolute Gasteiger partial charge is 0.392 e. The Kier molecular flexibility index (Phi) is 9.60. The zero-order valence-electron chi connectivity index (χ0n) is 23.3. The number of benzene rings is 3. The minimum absolute atomic E-state index is 0.0110. The summed E-state index contributed by atoms with van der Waals surface area (Å²) >= 11 is 6.05. The fraction of sp³-hybridized carbons (Fsp3) is 0.406. The van der Waals surface area contributed by atoms with E-state index in [1.54, 1.807) is 0 Å². The molecule has 8 nitrogen and oxygen atoms in total. The molecule has 5 rings (SSSR count). The van der Waals surface area contributed by atoms with Gasteiger partial charge in [0.2, 0.25) is 0 Å². The Morgan fingerprint density at radius 2 is 1.76 bits per heavy atom. The van der Waals surface area contributed by atoms with Crippen molar-refractivity contribution in [2.75, 3.05) is 31.5 Å². The number of carbonyl (C=O) groups is 1. The van der Waals surface area contributed by atoms with E-state index < -0.39 is 11.9 Å². The van der Waals surface area contributed by atoms with Gasteiger partial charge in [0.15, 0.2) is 6.29 Å². The summed E-state index contributed by atoms with van der Waals surface area (Å²) in [6.45, 7) is 4.58. The molecule has 0 bridgehead atoms. The third-order valence-electron chi connectivity index (χ3n) is 7.90. The van der Waals surface area contributed by atoms with E-state index in [4.69, 9.17) is 21.1 Å². The number of halogens is 1. The van der Waals surface area contributed by atoms with Crippen LogP contribution in [0.1, 0.15) is 60.8 Å². The lowest BCUT2D eigenvalue weighted by Crippen LogP contribution is -2.46. The Morgan fingerprint density at radius 1 is 1.02 bits per heavy atom. The van der Waals surface area contributed by atoms with Crippen LogP contribution in [0.5, 0.6) is 0 Å². The predicted octanol–water partition coefficient (Wildman–Crippen LogP) is 5.50. The molecule has 3 aromatic carbocycles. The van der Waals surface area contributed by atoms with Gasteiger partial charge in [-0.25, -0.2) is 4.79 Å². The zero-order chi connectivity index (χ0) is 28.8. The Bertz CT molecular complexity index is 1300. The van der Waals surface area contributed by atoms with E-state index >= 15 is 0 Å². The molecule has 2 amide bonds. The van der Waals surface area contributed by atoms with Gasteiger partial charge in [-0.3, -0.25) is 0 Å². The molecule has 2 fully saturated rings. The maximum Gasteiger partial charge on any atom is 0.319 e.